The fourth-order valence-electron chi connectivity index (χ4n) is 6.25. The second kappa shape index (κ2) is 11.1. The Morgan fingerprint density at radius 1 is 0.974 bits per heavy atom. The van der Waals surface area contributed by atoms with Gasteiger partial charge in [-0.2, -0.15) is 9.97 Å². The van der Waals surface area contributed by atoms with Gasteiger partial charge in [0.2, 0.25) is 0 Å². The van der Waals surface area contributed by atoms with Crippen molar-refractivity contribution >= 4 is 23.5 Å². The lowest BCUT2D eigenvalue weighted by Crippen LogP contribution is -2.58. The molecule has 10 heteroatoms. The number of methoxy groups -OCH3 is 1. The van der Waals surface area contributed by atoms with E-state index in [4.69, 9.17) is 19.6 Å². The van der Waals surface area contributed by atoms with Gasteiger partial charge in [-0.15, -0.1) is 0 Å². The van der Waals surface area contributed by atoms with Gasteiger partial charge in [0, 0.05) is 49.7 Å². The van der Waals surface area contributed by atoms with Crippen LogP contribution in [-0.4, -0.2) is 111 Å². The molecule has 4 fully saturated rings. The first kappa shape index (κ1) is 25.5. The van der Waals surface area contributed by atoms with Crippen LogP contribution >= 0.6 is 0 Å². The van der Waals surface area contributed by atoms with Gasteiger partial charge in [0.05, 0.1) is 45.6 Å². The predicted molar refractivity (Wildman–Crippen MR) is 147 cm³/mol. The minimum Gasteiger partial charge on any atom is -0.467 e. The van der Waals surface area contributed by atoms with Gasteiger partial charge in [0.15, 0.2) is 0 Å². The number of hydrogen-bond donors (Lipinski definition) is 2. The molecule has 2 aromatic rings. The Hall–Kier alpha value is -2.79. The molecule has 4 aliphatic heterocycles. The number of piperidine rings is 1. The SMILES string of the molecule is COc1nc(Nc2cc(C3CCN(C4COC4)CC3)c(C)cc2C=N)cc(N2CCN3CCOCC3C2)n1. The third-order valence-electron chi connectivity index (χ3n) is 8.60. The Labute approximate surface area is 224 Å². The maximum Gasteiger partial charge on any atom is 0.320 e. The lowest BCUT2D eigenvalue weighted by Gasteiger charge is -2.44. The highest BCUT2D eigenvalue weighted by atomic mass is 16.5. The molecule has 1 aromatic carbocycles. The van der Waals surface area contributed by atoms with Crippen LogP contribution in [0.4, 0.5) is 17.3 Å². The monoisotopic (exact) mass is 521 g/mol. The summed E-state index contributed by atoms with van der Waals surface area (Å²) in [5.74, 6) is 2.03. The largest absolute Gasteiger partial charge is 0.467 e. The van der Waals surface area contributed by atoms with Crippen molar-refractivity contribution in [2.24, 2.45) is 0 Å². The zero-order valence-electron chi connectivity index (χ0n) is 22.5. The number of ether oxygens (including phenoxy) is 3. The molecule has 2 N–H and O–H groups in total. The summed E-state index contributed by atoms with van der Waals surface area (Å²) >= 11 is 0. The van der Waals surface area contributed by atoms with E-state index in [-0.39, 0.29) is 0 Å². The fourth-order valence-corrected chi connectivity index (χ4v) is 6.25. The Balaban J connectivity index is 1.22. The molecule has 5 heterocycles. The third kappa shape index (κ3) is 5.22. The number of likely N-dealkylation sites (tertiary alicyclic amines) is 1. The number of rotatable bonds is 7. The zero-order valence-corrected chi connectivity index (χ0v) is 22.5. The number of anilines is 3. The molecule has 1 aromatic heterocycles. The van der Waals surface area contributed by atoms with Crippen LogP contribution < -0.4 is 15.0 Å². The number of nitrogens with zero attached hydrogens (tertiary/aromatic N) is 5. The smallest absolute Gasteiger partial charge is 0.320 e. The molecule has 10 nitrogen and oxygen atoms in total. The van der Waals surface area contributed by atoms with E-state index in [0.29, 0.717) is 29.8 Å². The van der Waals surface area contributed by atoms with E-state index < -0.39 is 0 Å². The third-order valence-corrected chi connectivity index (χ3v) is 8.60. The number of piperazine rings is 1. The van der Waals surface area contributed by atoms with Crippen LogP contribution in [0.25, 0.3) is 0 Å². The molecular weight excluding hydrogens is 482 g/mol. The van der Waals surface area contributed by atoms with E-state index in [1.807, 2.05) is 6.07 Å². The van der Waals surface area contributed by atoms with Crippen molar-refractivity contribution in [1.82, 2.24) is 19.8 Å². The van der Waals surface area contributed by atoms with Crippen molar-refractivity contribution in [3.63, 3.8) is 0 Å². The summed E-state index contributed by atoms with van der Waals surface area (Å²) in [6, 6.07) is 7.66. The highest BCUT2D eigenvalue weighted by molar-refractivity contribution is 5.88. The molecule has 204 valence electrons. The van der Waals surface area contributed by atoms with Gasteiger partial charge in [-0.3, -0.25) is 9.80 Å². The van der Waals surface area contributed by atoms with E-state index in [1.165, 1.54) is 17.3 Å². The van der Waals surface area contributed by atoms with Crippen LogP contribution in [0, 0.1) is 12.3 Å². The first-order chi connectivity index (χ1) is 18.6. The van der Waals surface area contributed by atoms with Gasteiger partial charge in [0.25, 0.3) is 0 Å². The van der Waals surface area contributed by atoms with E-state index in [1.54, 1.807) is 7.11 Å². The van der Waals surface area contributed by atoms with Gasteiger partial charge in [-0.1, -0.05) is 0 Å². The quantitative estimate of drug-likeness (QED) is 0.533. The summed E-state index contributed by atoms with van der Waals surface area (Å²) in [5, 5.41) is 11.6. The Morgan fingerprint density at radius 3 is 2.50 bits per heavy atom. The molecule has 4 aliphatic rings. The summed E-state index contributed by atoms with van der Waals surface area (Å²) in [7, 11) is 1.60. The van der Waals surface area contributed by atoms with Gasteiger partial charge in [-0.05, 0) is 62.0 Å². The normalized spacial score (nSPS) is 23.5. The molecule has 1 atom stereocenters. The number of nitrogens with one attached hydrogen (secondary N) is 2. The molecule has 1 unspecified atom stereocenters. The first-order valence-electron chi connectivity index (χ1n) is 13.8. The minimum absolute atomic E-state index is 0.336. The van der Waals surface area contributed by atoms with Crippen molar-refractivity contribution in [2.45, 2.75) is 37.8 Å². The molecule has 0 amide bonds. The molecule has 0 aliphatic carbocycles. The van der Waals surface area contributed by atoms with Crippen molar-refractivity contribution in [1.29, 1.82) is 5.41 Å². The zero-order chi connectivity index (χ0) is 26.1. The standard InChI is InChI=1S/C28H39N7O3/c1-19-11-21(14-29)25(12-24(19)20-3-5-33(6-4-20)23-17-38-18-23)30-26-13-27(32-28(31-26)36-2)35-8-7-34-9-10-37-16-22(34)15-35/h11-14,20,22-23,29H,3-10,15-18H2,1-2H3,(H,30,31,32). The second-order valence-electron chi connectivity index (χ2n) is 10.9. The number of aryl methyl sites for hydroxylation is 1. The average molecular weight is 522 g/mol. The highest BCUT2D eigenvalue weighted by Crippen LogP contribution is 2.35. The summed E-state index contributed by atoms with van der Waals surface area (Å²) in [6.45, 7) is 11.5. The van der Waals surface area contributed by atoms with E-state index in [2.05, 4.69) is 49.0 Å². The molecular formula is C28H39N7O3. The highest BCUT2D eigenvalue weighted by Gasteiger charge is 2.32. The topological polar surface area (TPSA) is 99.1 Å². The summed E-state index contributed by atoms with van der Waals surface area (Å²) < 4.78 is 16.6. The lowest BCUT2D eigenvalue weighted by atomic mass is 9.85. The molecule has 4 saturated heterocycles. The van der Waals surface area contributed by atoms with Crippen LogP contribution in [0.2, 0.25) is 0 Å². The first-order valence-corrected chi connectivity index (χ1v) is 13.8. The van der Waals surface area contributed by atoms with E-state index in [0.717, 1.165) is 95.6 Å². The van der Waals surface area contributed by atoms with Gasteiger partial charge >= 0.3 is 6.01 Å². The molecule has 0 spiro atoms. The van der Waals surface area contributed by atoms with Crippen LogP contribution in [0.15, 0.2) is 18.2 Å². The predicted octanol–water partition coefficient (Wildman–Crippen LogP) is 2.63. The van der Waals surface area contributed by atoms with E-state index in [9.17, 15) is 0 Å². The van der Waals surface area contributed by atoms with Crippen molar-refractivity contribution in [2.75, 3.05) is 83.0 Å². The minimum atomic E-state index is 0.336. The average Bonchev–Trinajstić information content (AvgIpc) is 2.93. The van der Waals surface area contributed by atoms with Crippen molar-refractivity contribution in [3.05, 3.63) is 34.9 Å². The van der Waals surface area contributed by atoms with Crippen molar-refractivity contribution in [3.8, 4) is 6.01 Å². The number of morpholine rings is 1. The summed E-state index contributed by atoms with van der Waals surface area (Å²) in [5.41, 5.74) is 4.35. The second-order valence-corrected chi connectivity index (χ2v) is 10.9. The molecule has 0 saturated carbocycles. The number of fused-ring (bicyclic) bond motifs is 1. The molecule has 38 heavy (non-hydrogen) atoms. The Bertz CT molecular complexity index is 1150. The molecule has 0 bridgehead atoms. The summed E-state index contributed by atoms with van der Waals surface area (Å²) in [6.07, 6.45) is 3.70. The maximum absolute atomic E-state index is 8.06. The number of hydrogen-bond acceptors (Lipinski definition) is 10. The Morgan fingerprint density at radius 2 is 1.76 bits per heavy atom. The van der Waals surface area contributed by atoms with Crippen LogP contribution in [0.5, 0.6) is 6.01 Å². The Kier molecular flexibility index (Phi) is 7.47. The van der Waals surface area contributed by atoms with Gasteiger partial charge in [-0.25, -0.2) is 0 Å². The van der Waals surface area contributed by atoms with Gasteiger partial charge in [0.1, 0.15) is 11.6 Å². The van der Waals surface area contributed by atoms with E-state index >= 15 is 0 Å². The molecule has 0 radical (unpaired) electrons. The number of benzene rings is 1. The molecule has 6 rings (SSSR count). The van der Waals surface area contributed by atoms with Crippen LogP contribution in [0.3, 0.4) is 0 Å². The van der Waals surface area contributed by atoms with Crippen molar-refractivity contribution < 1.29 is 14.2 Å². The lowest BCUT2D eigenvalue weighted by molar-refractivity contribution is -0.0712. The van der Waals surface area contributed by atoms with Gasteiger partial charge < -0.3 is 29.8 Å². The maximum atomic E-state index is 8.06. The number of aromatic nitrogens is 2. The van der Waals surface area contributed by atoms with Crippen LogP contribution in [0.1, 0.15) is 35.4 Å². The van der Waals surface area contributed by atoms with Crippen LogP contribution in [-0.2, 0) is 9.47 Å². The fraction of sp³-hybridized carbons (Fsp3) is 0.607. The summed E-state index contributed by atoms with van der Waals surface area (Å²) in [4.78, 5) is 16.7.